The molecule has 0 saturated carbocycles. The SMILES string of the molecule is Cc1cc(OC(F)F)c(C(=O)NCc2nocc2C)s1. The number of hydrogen-bond donors (Lipinski definition) is 1. The van der Waals surface area contributed by atoms with Crippen molar-refractivity contribution in [1.29, 1.82) is 0 Å². The minimum Gasteiger partial charge on any atom is -0.433 e. The molecule has 2 heterocycles. The Bertz CT molecular complexity index is 610. The van der Waals surface area contributed by atoms with Gasteiger partial charge in [-0.2, -0.15) is 8.78 Å². The second-order valence-corrected chi connectivity index (χ2v) is 5.31. The predicted octanol–water partition coefficient (Wildman–Crippen LogP) is 2.88. The first-order chi connectivity index (χ1) is 9.47. The molecule has 0 spiro atoms. The Labute approximate surface area is 117 Å². The lowest BCUT2D eigenvalue weighted by Crippen LogP contribution is -2.23. The minimum absolute atomic E-state index is 0.114. The average Bonchev–Trinajstić information content (AvgIpc) is 2.92. The van der Waals surface area contributed by atoms with Gasteiger partial charge in [-0.3, -0.25) is 4.79 Å². The highest BCUT2D eigenvalue weighted by Crippen LogP contribution is 2.30. The van der Waals surface area contributed by atoms with Crippen molar-refractivity contribution in [2.45, 2.75) is 27.0 Å². The van der Waals surface area contributed by atoms with Crippen LogP contribution in [0.1, 0.15) is 25.8 Å². The molecule has 108 valence electrons. The van der Waals surface area contributed by atoms with Crippen molar-refractivity contribution in [3.63, 3.8) is 0 Å². The number of ether oxygens (including phenoxy) is 1. The van der Waals surface area contributed by atoms with E-state index >= 15 is 0 Å². The molecule has 0 aromatic carbocycles. The van der Waals surface area contributed by atoms with Gasteiger partial charge >= 0.3 is 6.61 Å². The number of alkyl halides is 2. The summed E-state index contributed by atoms with van der Waals surface area (Å²) in [5.41, 5.74) is 1.39. The van der Waals surface area contributed by atoms with Gasteiger partial charge in [0.15, 0.2) is 0 Å². The molecule has 0 radical (unpaired) electrons. The lowest BCUT2D eigenvalue weighted by atomic mass is 10.3. The zero-order valence-corrected chi connectivity index (χ0v) is 11.6. The van der Waals surface area contributed by atoms with Gasteiger partial charge in [0.1, 0.15) is 22.6 Å². The number of amides is 1. The van der Waals surface area contributed by atoms with Crippen molar-refractivity contribution in [3.05, 3.63) is 33.3 Å². The summed E-state index contributed by atoms with van der Waals surface area (Å²) in [5.74, 6) is -0.599. The van der Waals surface area contributed by atoms with Crippen LogP contribution in [0.4, 0.5) is 8.78 Å². The number of carbonyl (C=O) groups is 1. The third kappa shape index (κ3) is 3.32. The molecule has 2 aromatic heterocycles. The van der Waals surface area contributed by atoms with Gasteiger partial charge in [-0.1, -0.05) is 5.16 Å². The molecule has 1 N–H and O–H groups in total. The van der Waals surface area contributed by atoms with Crippen LogP contribution in [0, 0.1) is 13.8 Å². The molecule has 1 amide bonds. The first-order valence-corrected chi connectivity index (χ1v) is 6.52. The molecule has 5 nitrogen and oxygen atoms in total. The summed E-state index contributed by atoms with van der Waals surface area (Å²) in [5, 5.41) is 6.31. The van der Waals surface area contributed by atoms with Gasteiger partial charge in [-0.05, 0) is 19.9 Å². The van der Waals surface area contributed by atoms with Gasteiger partial charge < -0.3 is 14.6 Å². The number of rotatable bonds is 5. The van der Waals surface area contributed by atoms with Crippen LogP contribution in [0.3, 0.4) is 0 Å². The summed E-state index contributed by atoms with van der Waals surface area (Å²) in [4.78, 5) is 12.8. The summed E-state index contributed by atoms with van der Waals surface area (Å²) in [6, 6.07) is 1.41. The van der Waals surface area contributed by atoms with E-state index in [1.807, 2.05) is 0 Å². The molecule has 0 unspecified atom stereocenters. The predicted molar refractivity (Wildman–Crippen MR) is 68.1 cm³/mol. The van der Waals surface area contributed by atoms with E-state index in [1.165, 1.54) is 12.3 Å². The van der Waals surface area contributed by atoms with Crippen LogP contribution in [-0.4, -0.2) is 17.7 Å². The summed E-state index contributed by atoms with van der Waals surface area (Å²) in [6.07, 6.45) is 1.46. The van der Waals surface area contributed by atoms with Crippen LogP contribution >= 0.6 is 11.3 Å². The van der Waals surface area contributed by atoms with E-state index in [4.69, 9.17) is 4.52 Å². The molecule has 20 heavy (non-hydrogen) atoms. The third-order valence-electron chi connectivity index (χ3n) is 2.51. The average molecular weight is 302 g/mol. The highest BCUT2D eigenvalue weighted by molar-refractivity contribution is 7.14. The zero-order valence-electron chi connectivity index (χ0n) is 10.8. The van der Waals surface area contributed by atoms with Crippen LogP contribution in [0.5, 0.6) is 5.75 Å². The number of thiophene rings is 1. The Balaban J connectivity index is 2.07. The molecule has 0 aliphatic carbocycles. The van der Waals surface area contributed by atoms with Crippen molar-refractivity contribution in [1.82, 2.24) is 10.5 Å². The molecular weight excluding hydrogens is 290 g/mol. The Morgan fingerprint density at radius 1 is 1.55 bits per heavy atom. The van der Waals surface area contributed by atoms with Crippen molar-refractivity contribution in [3.8, 4) is 5.75 Å². The smallest absolute Gasteiger partial charge is 0.387 e. The summed E-state index contributed by atoms with van der Waals surface area (Å²) < 4.78 is 33.6. The molecule has 0 bridgehead atoms. The van der Waals surface area contributed by atoms with Gasteiger partial charge in [0.2, 0.25) is 0 Å². The fraction of sp³-hybridized carbons (Fsp3) is 0.333. The maximum Gasteiger partial charge on any atom is 0.387 e. The van der Waals surface area contributed by atoms with E-state index in [2.05, 4.69) is 15.2 Å². The minimum atomic E-state index is -2.96. The fourth-order valence-electron chi connectivity index (χ4n) is 1.56. The topological polar surface area (TPSA) is 64.4 Å². The largest absolute Gasteiger partial charge is 0.433 e. The van der Waals surface area contributed by atoms with E-state index in [9.17, 15) is 13.6 Å². The van der Waals surface area contributed by atoms with Gasteiger partial charge in [0, 0.05) is 10.4 Å². The van der Waals surface area contributed by atoms with Crippen molar-refractivity contribution in [2.75, 3.05) is 0 Å². The highest BCUT2D eigenvalue weighted by atomic mass is 32.1. The molecule has 8 heteroatoms. The lowest BCUT2D eigenvalue weighted by Gasteiger charge is -2.06. The van der Waals surface area contributed by atoms with Gasteiger partial charge in [0.05, 0.1) is 6.54 Å². The number of nitrogens with one attached hydrogen (secondary N) is 1. The van der Waals surface area contributed by atoms with E-state index < -0.39 is 12.5 Å². The molecular formula is C12H12F2N2O3S. The summed E-state index contributed by atoms with van der Waals surface area (Å²) in [7, 11) is 0. The van der Waals surface area contributed by atoms with Crippen molar-refractivity contribution >= 4 is 17.2 Å². The summed E-state index contributed by atoms with van der Waals surface area (Å²) >= 11 is 1.09. The quantitative estimate of drug-likeness (QED) is 0.922. The number of carbonyl (C=O) groups excluding carboxylic acids is 1. The number of aromatic nitrogens is 1. The maximum atomic E-state index is 12.3. The zero-order chi connectivity index (χ0) is 14.7. The Kier molecular flexibility index (Phi) is 4.33. The number of nitrogens with zero attached hydrogens (tertiary/aromatic N) is 1. The first-order valence-electron chi connectivity index (χ1n) is 5.70. The van der Waals surface area contributed by atoms with Gasteiger partial charge in [-0.25, -0.2) is 0 Å². The number of hydrogen-bond acceptors (Lipinski definition) is 5. The van der Waals surface area contributed by atoms with E-state index in [0.717, 1.165) is 16.9 Å². The Morgan fingerprint density at radius 2 is 2.30 bits per heavy atom. The normalized spacial score (nSPS) is 10.8. The van der Waals surface area contributed by atoms with Crippen LogP contribution < -0.4 is 10.1 Å². The van der Waals surface area contributed by atoms with E-state index in [0.29, 0.717) is 10.6 Å². The van der Waals surface area contributed by atoms with Gasteiger partial charge in [0.25, 0.3) is 5.91 Å². The van der Waals surface area contributed by atoms with Crippen LogP contribution in [-0.2, 0) is 6.54 Å². The van der Waals surface area contributed by atoms with Crippen LogP contribution in [0.15, 0.2) is 16.9 Å². The molecule has 0 saturated heterocycles. The number of halogens is 2. The first kappa shape index (κ1) is 14.4. The standard InChI is InChI=1S/C12H12F2N2O3S/c1-6-5-18-16-8(6)4-15-11(17)10-9(19-12(13)14)3-7(2)20-10/h3,5,12H,4H2,1-2H3,(H,15,17). The molecule has 0 aliphatic heterocycles. The van der Waals surface area contributed by atoms with Crippen molar-refractivity contribution < 1.29 is 22.8 Å². The monoisotopic (exact) mass is 302 g/mol. The fourth-order valence-corrected chi connectivity index (χ4v) is 2.42. The summed E-state index contributed by atoms with van der Waals surface area (Å²) in [6.45, 7) is 0.695. The van der Waals surface area contributed by atoms with E-state index in [-0.39, 0.29) is 17.2 Å². The Hall–Kier alpha value is -1.96. The molecule has 0 aliphatic rings. The molecule has 0 atom stereocenters. The second-order valence-electron chi connectivity index (χ2n) is 4.06. The molecule has 2 rings (SSSR count). The van der Waals surface area contributed by atoms with E-state index in [1.54, 1.807) is 13.8 Å². The van der Waals surface area contributed by atoms with Crippen LogP contribution in [0.25, 0.3) is 0 Å². The molecule has 2 aromatic rings. The number of aryl methyl sites for hydroxylation is 2. The third-order valence-corrected chi connectivity index (χ3v) is 3.54. The Morgan fingerprint density at radius 3 is 2.90 bits per heavy atom. The lowest BCUT2D eigenvalue weighted by molar-refractivity contribution is -0.0498. The van der Waals surface area contributed by atoms with Gasteiger partial charge in [-0.15, -0.1) is 11.3 Å². The second kappa shape index (κ2) is 6.00. The molecule has 0 fully saturated rings. The highest BCUT2D eigenvalue weighted by Gasteiger charge is 2.19. The van der Waals surface area contributed by atoms with Crippen LogP contribution in [0.2, 0.25) is 0 Å². The maximum absolute atomic E-state index is 12.3. The van der Waals surface area contributed by atoms with Crippen molar-refractivity contribution in [2.24, 2.45) is 0 Å².